The van der Waals surface area contributed by atoms with Crippen molar-refractivity contribution in [3.05, 3.63) is 84.2 Å². The van der Waals surface area contributed by atoms with E-state index in [1.807, 2.05) is 55.6 Å². The van der Waals surface area contributed by atoms with Crippen LogP contribution in [0.15, 0.2) is 73.1 Å². The Balaban J connectivity index is 1.59. The van der Waals surface area contributed by atoms with Gasteiger partial charge in [0.25, 0.3) is 5.91 Å². The lowest BCUT2D eigenvalue weighted by Crippen LogP contribution is -2.45. The van der Waals surface area contributed by atoms with Crippen LogP contribution in [-0.4, -0.2) is 48.4 Å². The van der Waals surface area contributed by atoms with Crippen molar-refractivity contribution in [2.75, 3.05) is 26.7 Å². The summed E-state index contributed by atoms with van der Waals surface area (Å²) in [7, 11) is 1.58. The van der Waals surface area contributed by atoms with Gasteiger partial charge in [-0.2, -0.15) is 0 Å². The fourth-order valence-electron chi connectivity index (χ4n) is 4.53. The molecule has 33 heavy (non-hydrogen) atoms. The van der Waals surface area contributed by atoms with Crippen LogP contribution < -0.4 is 10.1 Å². The van der Waals surface area contributed by atoms with Crippen molar-refractivity contribution >= 4 is 11.8 Å². The van der Waals surface area contributed by atoms with Crippen molar-refractivity contribution in [3.8, 4) is 16.9 Å². The molecule has 1 N–H and O–H groups in total. The molecule has 1 aliphatic heterocycles. The SMILES string of the molecule is CCNC(=O)C1(Cc2cccc(-c3cccnc3)c2)CCN(C(=O)c2cccc(OC)c2)C1. The molecule has 1 aliphatic rings. The second-order valence-corrected chi connectivity index (χ2v) is 8.47. The van der Waals surface area contributed by atoms with Gasteiger partial charge in [-0.1, -0.05) is 36.4 Å². The molecule has 3 aromatic rings. The zero-order chi connectivity index (χ0) is 23.3. The maximum atomic E-state index is 13.3. The van der Waals surface area contributed by atoms with Gasteiger partial charge in [-0.25, -0.2) is 0 Å². The average molecular weight is 444 g/mol. The highest BCUT2D eigenvalue weighted by Crippen LogP contribution is 2.36. The Bertz CT molecular complexity index is 1130. The number of nitrogens with zero attached hydrogens (tertiary/aromatic N) is 2. The van der Waals surface area contributed by atoms with Gasteiger partial charge in [0.05, 0.1) is 12.5 Å². The number of methoxy groups -OCH3 is 1. The number of hydrogen-bond acceptors (Lipinski definition) is 4. The monoisotopic (exact) mass is 443 g/mol. The van der Waals surface area contributed by atoms with Crippen molar-refractivity contribution in [2.24, 2.45) is 5.41 Å². The summed E-state index contributed by atoms with van der Waals surface area (Å²) >= 11 is 0. The van der Waals surface area contributed by atoms with Crippen LogP contribution in [-0.2, 0) is 11.2 Å². The van der Waals surface area contributed by atoms with Gasteiger partial charge in [-0.3, -0.25) is 14.6 Å². The van der Waals surface area contributed by atoms with Crippen LogP contribution in [0.25, 0.3) is 11.1 Å². The van der Waals surface area contributed by atoms with E-state index in [1.54, 1.807) is 30.3 Å². The molecular formula is C27H29N3O3. The number of nitrogens with one attached hydrogen (secondary N) is 1. The van der Waals surface area contributed by atoms with Crippen molar-refractivity contribution in [3.63, 3.8) is 0 Å². The molecule has 1 fully saturated rings. The molecule has 0 aliphatic carbocycles. The molecule has 0 radical (unpaired) electrons. The molecule has 0 saturated carbocycles. The third kappa shape index (κ3) is 4.90. The van der Waals surface area contributed by atoms with Crippen molar-refractivity contribution in [2.45, 2.75) is 19.8 Å². The molecule has 2 heterocycles. The van der Waals surface area contributed by atoms with E-state index in [0.29, 0.717) is 43.8 Å². The van der Waals surface area contributed by atoms with Gasteiger partial charge in [0.1, 0.15) is 5.75 Å². The minimum Gasteiger partial charge on any atom is -0.497 e. The van der Waals surface area contributed by atoms with Gasteiger partial charge in [0, 0.05) is 37.6 Å². The maximum Gasteiger partial charge on any atom is 0.254 e. The predicted octanol–water partition coefficient (Wildman–Crippen LogP) is 3.97. The number of carbonyl (C=O) groups is 2. The van der Waals surface area contributed by atoms with E-state index in [9.17, 15) is 9.59 Å². The third-order valence-electron chi connectivity index (χ3n) is 6.24. The molecular weight excluding hydrogens is 414 g/mol. The van der Waals surface area contributed by atoms with Crippen LogP contribution >= 0.6 is 0 Å². The molecule has 0 spiro atoms. The summed E-state index contributed by atoms with van der Waals surface area (Å²) in [6.07, 6.45) is 4.77. The Labute approximate surface area is 194 Å². The number of pyridine rings is 1. The second kappa shape index (κ2) is 9.86. The predicted molar refractivity (Wildman–Crippen MR) is 128 cm³/mol. The van der Waals surface area contributed by atoms with Gasteiger partial charge in [-0.15, -0.1) is 0 Å². The van der Waals surface area contributed by atoms with E-state index < -0.39 is 5.41 Å². The molecule has 6 heteroatoms. The molecule has 4 rings (SSSR count). The Morgan fingerprint density at radius 1 is 1.09 bits per heavy atom. The average Bonchev–Trinajstić information content (AvgIpc) is 3.29. The highest BCUT2D eigenvalue weighted by molar-refractivity contribution is 5.96. The number of ether oxygens (including phenoxy) is 1. The second-order valence-electron chi connectivity index (χ2n) is 8.47. The Morgan fingerprint density at radius 2 is 1.91 bits per heavy atom. The Hall–Kier alpha value is -3.67. The first-order chi connectivity index (χ1) is 16.0. The minimum atomic E-state index is -0.669. The topological polar surface area (TPSA) is 71.5 Å². The van der Waals surface area contributed by atoms with Gasteiger partial charge < -0.3 is 15.0 Å². The summed E-state index contributed by atoms with van der Waals surface area (Å²) in [5.74, 6) is 0.559. The highest BCUT2D eigenvalue weighted by atomic mass is 16.5. The van der Waals surface area contributed by atoms with Crippen LogP contribution in [0.5, 0.6) is 5.75 Å². The van der Waals surface area contributed by atoms with Crippen molar-refractivity contribution in [1.29, 1.82) is 0 Å². The van der Waals surface area contributed by atoms with Crippen LogP contribution in [0.4, 0.5) is 0 Å². The first-order valence-corrected chi connectivity index (χ1v) is 11.3. The summed E-state index contributed by atoms with van der Waals surface area (Å²) in [4.78, 5) is 32.5. The van der Waals surface area contributed by atoms with E-state index >= 15 is 0 Å². The summed E-state index contributed by atoms with van der Waals surface area (Å²) in [6.45, 7) is 3.39. The van der Waals surface area contributed by atoms with Gasteiger partial charge >= 0.3 is 0 Å². The first-order valence-electron chi connectivity index (χ1n) is 11.3. The maximum absolute atomic E-state index is 13.3. The van der Waals surface area contributed by atoms with Gasteiger partial charge in [0.15, 0.2) is 0 Å². The number of hydrogen-bond donors (Lipinski definition) is 1. The number of rotatable bonds is 7. The molecule has 170 valence electrons. The first kappa shape index (κ1) is 22.5. The number of amides is 2. The van der Waals surface area contributed by atoms with Gasteiger partial charge in [-0.05, 0) is 60.7 Å². The lowest BCUT2D eigenvalue weighted by Gasteiger charge is -2.28. The van der Waals surface area contributed by atoms with E-state index in [2.05, 4.69) is 16.4 Å². The fraction of sp³-hybridized carbons (Fsp3) is 0.296. The summed E-state index contributed by atoms with van der Waals surface area (Å²) in [5, 5.41) is 3.01. The number of carbonyl (C=O) groups excluding carboxylic acids is 2. The molecule has 6 nitrogen and oxygen atoms in total. The van der Waals surface area contributed by atoms with Crippen LogP contribution in [0.2, 0.25) is 0 Å². The zero-order valence-corrected chi connectivity index (χ0v) is 19.1. The molecule has 1 saturated heterocycles. The van der Waals surface area contributed by atoms with E-state index in [-0.39, 0.29) is 11.8 Å². The van der Waals surface area contributed by atoms with Crippen molar-refractivity contribution in [1.82, 2.24) is 15.2 Å². The molecule has 2 amide bonds. The molecule has 1 aromatic heterocycles. The Morgan fingerprint density at radius 3 is 2.67 bits per heavy atom. The van der Waals surface area contributed by atoms with E-state index in [4.69, 9.17) is 4.74 Å². The summed E-state index contributed by atoms with van der Waals surface area (Å²) < 4.78 is 5.27. The zero-order valence-electron chi connectivity index (χ0n) is 19.1. The largest absolute Gasteiger partial charge is 0.497 e. The number of benzene rings is 2. The van der Waals surface area contributed by atoms with Crippen molar-refractivity contribution < 1.29 is 14.3 Å². The van der Waals surface area contributed by atoms with Gasteiger partial charge in [0.2, 0.25) is 5.91 Å². The third-order valence-corrected chi connectivity index (χ3v) is 6.24. The number of likely N-dealkylation sites (tertiary alicyclic amines) is 1. The molecule has 1 atom stereocenters. The lowest BCUT2D eigenvalue weighted by atomic mass is 9.79. The highest BCUT2D eigenvalue weighted by Gasteiger charge is 2.46. The minimum absolute atomic E-state index is 0.00211. The normalized spacial score (nSPS) is 17.6. The van der Waals surface area contributed by atoms with E-state index in [1.165, 1.54) is 0 Å². The molecule has 1 unspecified atom stereocenters. The van der Waals surface area contributed by atoms with E-state index in [0.717, 1.165) is 16.7 Å². The van der Waals surface area contributed by atoms with Crippen LogP contribution in [0.3, 0.4) is 0 Å². The smallest absolute Gasteiger partial charge is 0.254 e. The van der Waals surface area contributed by atoms with Crippen LogP contribution in [0.1, 0.15) is 29.3 Å². The standard InChI is InChI=1S/C27H29N3O3/c1-3-29-26(32)27(17-20-7-4-8-21(15-20)23-10-6-13-28-18-23)12-14-30(19-27)25(31)22-9-5-11-24(16-22)33-2/h4-11,13,15-16,18H,3,12,14,17,19H2,1-2H3,(H,29,32). The van der Waals surface area contributed by atoms with Crippen LogP contribution in [0, 0.1) is 5.41 Å². The quantitative estimate of drug-likeness (QED) is 0.600. The summed E-state index contributed by atoms with van der Waals surface area (Å²) in [5.41, 5.74) is 3.07. The fourth-order valence-corrected chi connectivity index (χ4v) is 4.53. The number of aromatic nitrogens is 1. The molecule has 0 bridgehead atoms. The molecule has 2 aromatic carbocycles. The Kier molecular flexibility index (Phi) is 6.73. The summed E-state index contributed by atoms with van der Waals surface area (Å²) in [6, 6.07) is 19.3. The lowest BCUT2D eigenvalue weighted by molar-refractivity contribution is -0.130.